The van der Waals surface area contributed by atoms with Gasteiger partial charge in [0, 0.05) is 18.6 Å². The van der Waals surface area contributed by atoms with Crippen molar-refractivity contribution in [2.24, 2.45) is 11.1 Å². The molecule has 1 amide bonds. The average molecular weight is 226 g/mol. The average Bonchev–Trinajstić information content (AvgIpc) is 2.86. The lowest BCUT2D eigenvalue weighted by Crippen LogP contribution is -2.52. The van der Waals surface area contributed by atoms with Crippen LogP contribution in [-0.4, -0.2) is 42.6 Å². The molecule has 0 bridgehead atoms. The van der Waals surface area contributed by atoms with Crippen LogP contribution in [0.25, 0.3) is 0 Å². The molecule has 92 valence electrons. The van der Waals surface area contributed by atoms with E-state index in [2.05, 4.69) is 6.92 Å². The minimum Gasteiger partial charge on any atom is -0.379 e. The molecule has 4 heteroatoms. The largest absolute Gasteiger partial charge is 0.379 e. The maximum atomic E-state index is 12.5. The van der Waals surface area contributed by atoms with Crippen LogP contribution in [0.15, 0.2) is 0 Å². The summed E-state index contributed by atoms with van der Waals surface area (Å²) in [6, 6.07) is 0.259. The molecule has 2 saturated heterocycles. The molecule has 2 heterocycles. The number of likely N-dealkylation sites (tertiary alicyclic amines) is 1. The van der Waals surface area contributed by atoms with Gasteiger partial charge in [-0.25, -0.2) is 0 Å². The number of carbonyl (C=O) groups is 1. The standard InChI is InChI=1S/C12H22N2O2/c1-3-9-5-4-6-14(9)11(15)12(2)8-16-7-10(12)13/h9-10H,3-8,13H2,1-2H3. The Balaban J connectivity index is 2.12. The Bertz CT molecular complexity index is 282. The van der Waals surface area contributed by atoms with Gasteiger partial charge in [0.05, 0.1) is 18.6 Å². The van der Waals surface area contributed by atoms with Crippen LogP contribution in [-0.2, 0) is 9.53 Å². The van der Waals surface area contributed by atoms with Crippen molar-refractivity contribution in [3.8, 4) is 0 Å². The molecule has 16 heavy (non-hydrogen) atoms. The number of nitrogens with two attached hydrogens (primary N) is 1. The number of rotatable bonds is 2. The van der Waals surface area contributed by atoms with Crippen molar-refractivity contribution >= 4 is 5.91 Å². The highest BCUT2D eigenvalue weighted by molar-refractivity contribution is 5.84. The van der Waals surface area contributed by atoms with Crippen molar-refractivity contribution in [1.29, 1.82) is 0 Å². The number of hydrogen-bond acceptors (Lipinski definition) is 3. The van der Waals surface area contributed by atoms with Crippen molar-refractivity contribution in [2.45, 2.75) is 45.2 Å². The van der Waals surface area contributed by atoms with Gasteiger partial charge in [0.2, 0.25) is 5.91 Å². The minimum absolute atomic E-state index is 0.155. The van der Waals surface area contributed by atoms with E-state index in [4.69, 9.17) is 10.5 Å². The summed E-state index contributed by atoms with van der Waals surface area (Å²) in [6.07, 6.45) is 3.29. The maximum Gasteiger partial charge on any atom is 0.232 e. The maximum absolute atomic E-state index is 12.5. The van der Waals surface area contributed by atoms with E-state index in [0.717, 1.165) is 25.8 Å². The first-order valence-corrected chi connectivity index (χ1v) is 6.24. The van der Waals surface area contributed by atoms with Crippen molar-refractivity contribution < 1.29 is 9.53 Å². The summed E-state index contributed by atoms with van der Waals surface area (Å²) in [4.78, 5) is 14.5. The van der Waals surface area contributed by atoms with E-state index in [1.165, 1.54) is 0 Å². The van der Waals surface area contributed by atoms with E-state index in [9.17, 15) is 4.79 Å². The zero-order valence-electron chi connectivity index (χ0n) is 10.2. The second-order valence-electron chi connectivity index (χ2n) is 5.24. The summed E-state index contributed by atoms with van der Waals surface area (Å²) < 4.78 is 5.35. The molecule has 0 aromatic carbocycles. The fourth-order valence-electron chi connectivity index (χ4n) is 2.76. The SMILES string of the molecule is CCC1CCCN1C(=O)C1(C)COCC1N. The first kappa shape index (κ1) is 11.9. The Labute approximate surface area is 97.1 Å². The summed E-state index contributed by atoms with van der Waals surface area (Å²) in [5, 5.41) is 0. The zero-order valence-corrected chi connectivity index (χ0v) is 10.2. The van der Waals surface area contributed by atoms with E-state index in [1.54, 1.807) is 0 Å². The molecule has 3 unspecified atom stereocenters. The van der Waals surface area contributed by atoms with E-state index in [1.807, 2.05) is 11.8 Å². The van der Waals surface area contributed by atoms with Crippen LogP contribution in [0.5, 0.6) is 0 Å². The predicted molar refractivity (Wildman–Crippen MR) is 61.9 cm³/mol. The van der Waals surface area contributed by atoms with Crippen LogP contribution < -0.4 is 5.73 Å². The Hall–Kier alpha value is -0.610. The Morgan fingerprint density at radius 3 is 2.94 bits per heavy atom. The van der Waals surface area contributed by atoms with Crippen molar-refractivity contribution in [3.05, 3.63) is 0 Å². The minimum atomic E-state index is -0.502. The second-order valence-corrected chi connectivity index (χ2v) is 5.24. The Morgan fingerprint density at radius 2 is 2.38 bits per heavy atom. The molecule has 2 aliphatic heterocycles. The molecule has 0 aliphatic carbocycles. The molecule has 2 N–H and O–H groups in total. The third-order valence-electron chi connectivity index (χ3n) is 4.12. The van der Waals surface area contributed by atoms with Gasteiger partial charge in [-0.15, -0.1) is 0 Å². The first-order chi connectivity index (χ1) is 7.59. The highest BCUT2D eigenvalue weighted by Crippen LogP contribution is 2.33. The van der Waals surface area contributed by atoms with E-state index < -0.39 is 5.41 Å². The third kappa shape index (κ3) is 1.74. The van der Waals surface area contributed by atoms with Gasteiger partial charge in [-0.2, -0.15) is 0 Å². The third-order valence-corrected chi connectivity index (χ3v) is 4.12. The molecule has 0 aromatic rings. The molecular weight excluding hydrogens is 204 g/mol. The van der Waals surface area contributed by atoms with Gasteiger partial charge < -0.3 is 15.4 Å². The van der Waals surface area contributed by atoms with Gasteiger partial charge in [0.1, 0.15) is 0 Å². The normalized spacial score (nSPS) is 39.3. The second kappa shape index (κ2) is 4.34. The first-order valence-electron chi connectivity index (χ1n) is 6.24. The lowest BCUT2D eigenvalue weighted by molar-refractivity contribution is -0.142. The smallest absolute Gasteiger partial charge is 0.232 e. The molecule has 2 fully saturated rings. The molecule has 0 saturated carbocycles. The number of ether oxygens (including phenoxy) is 1. The van der Waals surface area contributed by atoms with Gasteiger partial charge in [0.15, 0.2) is 0 Å². The van der Waals surface area contributed by atoms with Crippen LogP contribution in [0, 0.1) is 5.41 Å². The van der Waals surface area contributed by atoms with Crippen molar-refractivity contribution in [2.75, 3.05) is 19.8 Å². The van der Waals surface area contributed by atoms with Crippen LogP contribution >= 0.6 is 0 Å². The number of nitrogens with zero attached hydrogens (tertiary/aromatic N) is 1. The number of amides is 1. The zero-order chi connectivity index (χ0) is 11.8. The highest BCUT2D eigenvalue weighted by Gasteiger charge is 2.48. The summed E-state index contributed by atoms with van der Waals surface area (Å²) >= 11 is 0. The van der Waals surface area contributed by atoms with E-state index in [-0.39, 0.29) is 11.9 Å². The van der Waals surface area contributed by atoms with Gasteiger partial charge in [-0.05, 0) is 26.2 Å². The summed E-state index contributed by atoms with van der Waals surface area (Å²) in [7, 11) is 0. The van der Waals surface area contributed by atoms with Gasteiger partial charge in [0.25, 0.3) is 0 Å². The van der Waals surface area contributed by atoms with Crippen LogP contribution in [0.4, 0.5) is 0 Å². The van der Waals surface area contributed by atoms with E-state index >= 15 is 0 Å². The molecule has 0 radical (unpaired) electrons. The van der Waals surface area contributed by atoms with E-state index in [0.29, 0.717) is 19.3 Å². The molecule has 2 aliphatic rings. The van der Waals surface area contributed by atoms with Gasteiger partial charge in [-0.3, -0.25) is 4.79 Å². The van der Waals surface area contributed by atoms with Gasteiger partial charge >= 0.3 is 0 Å². The van der Waals surface area contributed by atoms with Crippen molar-refractivity contribution in [3.63, 3.8) is 0 Å². The fraction of sp³-hybridized carbons (Fsp3) is 0.917. The molecule has 2 rings (SSSR count). The Kier molecular flexibility index (Phi) is 3.22. The lowest BCUT2D eigenvalue weighted by atomic mass is 9.84. The fourth-order valence-corrected chi connectivity index (χ4v) is 2.76. The summed E-state index contributed by atoms with van der Waals surface area (Å²) in [5.41, 5.74) is 5.49. The van der Waals surface area contributed by atoms with Crippen LogP contribution in [0.1, 0.15) is 33.1 Å². The number of hydrogen-bond donors (Lipinski definition) is 1. The molecular formula is C12H22N2O2. The molecule has 0 spiro atoms. The molecule has 3 atom stereocenters. The predicted octanol–water partition coefficient (Wildman–Crippen LogP) is 0.751. The van der Waals surface area contributed by atoms with Gasteiger partial charge in [-0.1, -0.05) is 6.92 Å². The number of carbonyl (C=O) groups excluding carboxylic acids is 1. The Morgan fingerprint density at radius 1 is 1.62 bits per heavy atom. The quantitative estimate of drug-likeness (QED) is 0.756. The van der Waals surface area contributed by atoms with Crippen LogP contribution in [0.3, 0.4) is 0 Å². The van der Waals surface area contributed by atoms with Crippen molar-refractivity contribution in [1.82, 2.24) is 4.90 Å². The topological polar surface area (TPSA) is 55.6 Å². The highest BCUT2D eigenvalue weighted by atomic mass is 16.5. The monoisotopic (exact) mass is 226 g/mol. The molecule has 4 nitrogen and oxygen atoms in total. The lowest BCUT2D eigenvalue weighted by Gasteiger charge is -2.34. The van der Waals surface area contributed by atoms with Crippen LogP contribution in [0.2, 0.25) is 0 Å². The molecule has 0 aromatic heterocycles. The summed E-state index contributed by atoms with van der Waals surface area (Å²) in [5.74, 6) is 0.196. The summed E-state index contributed by atoms with van der Waals surface area (Å²) in [6.45, 7) is 5.95.